The summed E-state index contributed by atoms with van der Waals surface area (Å²) in [5.74, 6) is -0.380. The van der Waals surface area contributed by atoms with Crippen molar-refractivity contribution in [3.63, 3.8) is 0 Å². The molecule has 29 heavy (non-hydrogen) atoms. The predicted octanol–water partition coefficient (Wildman–Crippen LogP) is 4.47. The molecule has 0 aliphatic carbocycles. The zero-order valence-electron chi connectivity index (χ0n) is 15.3. The summed E-state index contributed by atoms with van der Waals surface area (Å²) < 4.78 is 10.7. The van der Waals surface area contributed by atoms with Gasteiger partial charge in [-0.3, -0.25) is 4.79 Å². The van der Waals surface area contributed by atoms with Crippen LogP contribution in [-0.2, 0) is 9.53 Å². The molecule has 2 heterocycles. The van der Waals surface area contributed by atoms with E-state index in [1.165, 1.54) is 5.01 Å². The van der Waals surface area contributed by atoms with Gasteiger partial charge in [-0.15, -0.1) is 0 Å². The van der Waals surface area contributed by atoms with Crippen LogP contribution in [0, 0.1) is 0 Å². The Labute approximate surface area is 172 Å². The van der Waals surface area contributed by atoms with E-state index < -0.39 is 24.5 Å². The highest BCUT2D eigenvalue weighted by atomic mass is 35.5. The van der Waals surface area contributed by atoms with Crippen molar-refractivity contribution in [1.82, 2.24) is 5.01 Å². The van der Waals surface area contributed by atoms with E-state index in [-0.39, 0.29) is 0 Å². The van der Waals surface area contributed by atoms with Crippen molar-refractivity contribution in [2.24, 2.45) is 5.10 Å². The van der Waals surface area contributed by atoms with Gasteiger partial charge in [0.05, 0.1) is 17.5 Å². The van der Waals surface area contributed by atoms with Crippen LogP contribution in [0.2, 0.25) is 5.02 Å². The smallest absolute Gasteiger partial charge is 0.338 e. The highest BCUT2D eigenvalue weighted by Crippen LogP contribution is 2.33. The highest BCUT2D eigenvalue weighted by Gasteiger charge is 2.35. The number of hydrogen-bond donors (Lipinski definition) is 0. The van der Waals surface area contributed by atoms with Gasteiger partial charge in [0.25, 0.3) is 5.91 Å². The van der Waals surface area contributed by atoms with Crippen LogP contribution in [0.3, 0.4) is 0 Å². The first-order valence-corrected chi connectivity index (χ1v) is 9.40. The molecule has 0 bridgehead atoms. The van der Waals surface area contributed by atoms with Crippen LogP contribution in [0.5, 0.6) is 0 Å². The molecule has 1 unspecified atom stereocenters. The molecule has 0 radical (unpaired) electrons. The predicted molar refractivity (Wildman–Crippen MR) is 108 cm³/mol. The van der Waals surface area contributed by atoms with Crippen molar-refractivity contribution >= 4 is 29.2 Å². The third-order valence-electron chi connectivity index (χ3n) is 4.55. The molecule has 1 aromatic heterocycles. The maximum atomic E-state index is 12.8. The Balaban J connectivity index is 1.52. The number of hydrazone groups is 1. The molecule has 146 valence electrons. The fourth-order valence-electron chi connectivity index (χ4n) is 3.11. The maximum Gasteiger partial charge on any atom is 0.338 e. The van der Waals surface area contributed by atoms with E-state index in [1.54, 1.807) is 60.9 Å². The first kappa shape index (κ1) is 19.0. The number of amides is 1. The standard InChI is InChI=1S/C22H17ClN2O4/c23-17-10-8-15(9-11-17)18-13-19(20-7-4-12-28-20)25(24-18)21(26)14-29-22(27)16-5-2-1-3-6-16/h1-12,19H,13-14H2. The van der Waals surface area contributed by atoms with E-state index in [1.807, 2.05) is 12.1 Å². The van der Waals surface area contributed by atoms with E-state index in [4.69, 9.17) is 20.8 Å². The molecule has 1 amide bonds. The van der Waals surface area contributed by atoms with Crippen molar-refractivity contribution < 1.29 is 18.7 Å². The molecule has 0 spiro atoms. The lowest BCUT2D eigenvalue weighted by Crippen LogP contribution is -2.31. The number of furan rings is 1. The Morgan fingerprint density at radius 2 is 1.83 bits per heavy atom. The summed E-state index contributed by atoms with van der Waals surface area (Å²) in [6.45, 7) is -0.414. The molecule has 1 aliphatic heterocycles. The number of nitrogens with zero attached hydrogens (tertiary/aromatic N) is 2. The number of carbonyl (C=O) groups is 2. The third kappa shape index (κ3) is 4.22. The van der Waals surface area contributed by atoms with Gasteiger partial charge in [0.1, 0.15) is 11.8 Å². The van der Waals surface area contributed by atoms with Gasteiger partial charge in [-0.25, -0.2) is 9.80 Å². The lowest BCUT2D eigenvalue weighted by atomic mass is 10.0. The minimum absolute atomic E-state index is 0.384. The van der Waals surface area contributed by atoms with Gasteiger partial charge in [0, 0.05) is 11.4 Å². The summed E-state index contributed by atoms with van der Waals surface area (Å²) in [4.78, 5) is 24.9. The summed E-state index contributed by atoms with van der Waals surface area (Å²) in [5.41, 5.74) is 1.98. The number of hydrogen-bond acceptors (Lipinski definition) is 5. The Morgan fingerprint density at radius 3 is 2.52 bits per heavy atom. The number of benzene rings is 2. The first-order chi connectivity index (χ1) is 14.1. The Bertz CT molecular complexity index is 1030. The molecular weight excluding hydrogens is 392 g/mol. The first-order valence-electron chi connectivity index (χ1n) is 9.03. The molecule has 0 saturated carbocycles. The van der Waals surface area contributed by atoms with E-state index >= 15 is 0 Å². The van der Waals surface area contributed by atoms with Crippen LogP contribution in [0.25, 0.3) is 0 Å². The van der Waals surface area contributed by atoms with E-state index in [2.05, 4.69) is 5.10 Å². The zero-order chi connectivity index (χ0) is 20.2. The normalized spacial score (nSPS) is 15.8. The van der Waals surface area contributed by atoms with Crippen LogP contribution in [0.4, 0.5) is 0 Å². The minimum atomic E-state index is -0.561. The van der Waals surface area contributed by atoms with Crippen LogP contribution >= 0.6 is 11.6 Å². The maximum absolute atomic E-state index is 12.8. The molecule has 6 nitrogen and oxygen atoms in total. The zero-order valence-corrected chi connectivity index (χ0v) is 16.1. The molecule has 0 saturated heterocycles. The van der Waals surface area contributed by atoms with Crippen LogP contribution in [0.1, 0.15) is 34.1 Å². The summed E-state index contributed by atoms with van der Waals surface area (Å²) in [6, 6.07) is 18.9. The second-order valence-electron chi connectivity index (χ2n) is 6.47. The van der Waals surface area contributed by atoms with Gasteiger partial charge in [-0.05, 0) is 42.0 Å². The monoisotopic (exact) mass is 408 g/mol. The summed E-state index contributed by atoms with van der Waals surface area (Å²) >= 11 is 5.96. The van der Waals surface area contributed by atoms with Crippen molar-refractivity contribution in [2.75, 3.05) is 6.61 Å². The minimum Gasteiger partial charge on any atom is -0.467 e. The van der Waals surface area contributed by atoms with Crippen LogP contribution in [0.15, 0.2) is 82.5 Å². The molecule has 7 heteroatoms. The van der Waals surface area contributed by atoms with E-state index in [0.717, 1.165) is 11.3 Å². The molecule has 4 rings (SSSR count). The van der Waals surface area contributed by atoms with Gasteiger partial charge in [-0.1, -0.05) is 41.9 Å². The number of halogens is 1. The molecule has 2 aromatic carbocycles. The van der Waals surface area contributed by atoms with Crippen LogP contribution in [-0.4, -0.2) is 29.2 Å². The number of rotatable bonds is 5. The van der Waals surface area contributed by atoms with Crippen molar-refractivity contribution in [2.45, 2.75) is 12.5 Å². The lowest BCUT2D eigenvalue weighted by molar-refractivity contribution is -0.136. The van der Waals surface area contributed by atoms with E-state index in [0.29, 0.717) is 22.8 Å². The Kier molecular flexibility index (Phi) is 5.44. The third-order valence-corrected chi connectivity index (χ3v) is 4.80. The second-order valence-corrected chi connectivity index (χ2v) is 6.91. The van der Waals surface area contributed by atoms with Crippen molar-refractivity contribution in [3.05, 3.63) is 94.9 Å². The van der Waals surface area contributed by atoms with Gasteiger partial charge in [-0.2, -0.15) is 5.10 Å². The average Bonchev–Trinajstić information content (AvgIpc) is 3.43. The molecular formula is C22H17ClN2O4. The largest absolute Gasteiger partial charge is 0.467 e. The second kappa shape index (κ2) is 8.32. The Hall–Kier alpha value is -3.38. The topological polar surface area (TPSA) is 72.1 Å². The van der Waals surface area contributed by atoms with Crippen molar-refractivity contribution in [1.29, 1.82) is 0 Å². The van der Waals surface area contributed by atoms with Gasteiger partial charge in [0.2, 0.25) is 0 Å². The fourth-order valence-corrected chi connectivity index (χ4v) is 3.24. The molecule has 1 atom stereocenters. The SMILES string of the molecule is O=C(OCC(=O)N1N=C(c2ccc(Cl)cc2)CC1c1ccco1)c1ccccc1. The number of carbonyl (C=O) groups excluding carboxylic acids is 2. The summed E-state index contributed by atoms with van der Waals surface area (Å²) in [5, 5.41) is 6.42. The summed E-state index contributed by atoms with van der Waals surface area (Å²) in [6.07, 6.45) is 2.03. The molecule has 0 N–H and O–H groups in total. The molecule has 0 fully saturated rings. The lowest BCUT2D eigenvalue weighted by Gasteiger charge is -2.19. The number of ether oxygens (including phenoxy) is 1. The van der Waals surface area contributed by atoms with Crippen molar-refractivity contribution in [3.8, 4) is 0 Å². The molecule has 3 aromatic rings. The van der Waals surface area contributed by atoms with Gasteiger partial charge < -0.3 is 9.15 Å². The van der Waals surface area contributed by atoms with E-state index in [9.17, 15) is 9.59 Å². The average molecular weight is 409 g/mol. The quantitative estimate of drug-likeness (QED) is 0.584. The Morgan fingerprint density at radius 1 is 1.07 bits per heavy atom. The fraction of sp³-hybridized carbons (Fsp3) is 0.136. The van der Waals surface area contributed by atoms with Crippen LogP contribution < -0.4 is 0 Å². The van der Waals surface area contributed by atoms with Gasteiger partial charge in [0.15, 0.2) is 6.61 Å². The molecule has 1 aliphatic rings. The summed E-state index contributed by atoms with van der Waals surface area (Å²) in [7, 11) is 0. The van der Waals surface area contributed by atoms with Gasteiger partial charge >= 0.3 is 5.97 Å². The highest BCUT2D eigenvalue weighted by molar-refractivity contribution is 6.30. The number of esters is 1.